The molecule has 0 bridgehead atoms. The normalized spacial score (nSPS) is 10.6. The van der Waals surface area contributed by atoms with Crippen molar-refractivity contribution >= 4 is 17.3 Å². The van der Waals surface area contributed by atoms with E-state index in [0.717, 1.165) is 19.0 Å². The monoisotopic (exact) mass is 281 g/mol. The highest BCUT2D eigenvalue weighted by atomic mass is 16.6. The van der Waals surface area contributed by atoms with Gasteiger partial charge in [0.05, 0.1) is 10.5 Å². The molecule has 0 aliphatic rings. The number of hydrogen-bond acceptors (Lipinski definition) is 5. The van der Waals surface area contributed by atoms with E-state index in [0.29, 0.717) is 12.2 Å². The van der Waals surface area contributed by atoms with Crippen LogP contribution in [0.5, 0.6) is 0 Å². The SMILES string of the molecule is CN(C)CCCN(C)c1ccc(C(=O)O)cc1[N+](=O)[O-]. The van der Waals surface area contributed by atoms with Crippen LogP contribution in [0.1, 0.15) is 16.8 Å². The average Bonchev–Trinajstić information content (AvgIpc) is 2.37. The van der Waals surface area contributed by atoms with Gasteiger partial charge in [-0.15, -0.1) is 0 Å². The third-order valence-electron chi connectivity index (χ3n) is 2.93. The number of carbonyl (C=O) groups is 1. The zero-order valence-corrected chi connectivity index (χ0v) is 11.9. The molecule has 0 aromatic heterocycles. The Morgan fingerprint density at radius 1 is 1.30 bits per heavy atom. The second-order valence-corrected chi connectivity index (χ2v) is 4.84. The highest BCUT2D eigenvalue weighted by Gasteiger charge is 2.19. The topological polar surface area (TPSA) is 86.9 Å². The Kier molecular flexibility index (Phi) is 5.45. The molecule has 0 saturated heterocycles. The van der Waals surface area contributed by atoms with Crippen LogP contribution in [0.3, 0.4) is 0 Å². The maximum Gasteiger partial charge on any atom is 0.335 e. The molecule has 0 amide bonds. The van der Waals surface area contributed by atoms with Crippen molar-refractivity contribution in [3.63, 3.8) is 0 Å². The molecule has 0 spiro atoms. The Balaban J connectivity index is 2.93. The Labute approximate surface area is 117 Å². The van der Waals surface area contributed by atoms with E-state index in [1.54, 1.807) is 11.9 Å². The minimum Gasteiger partial charge on any atom is -0.478 e. The van der Waals surface area contributed by atoms with Gasteiger partial charge < -0.3 is 14.9 Å². The van der Waals surface area contributed by atoms with Gasteiger partial charge in [0.15, 0.2) is 0 Å². The molecule has 1 aromatic carbocycles. The zero-order valence-electron chi connectivity index (χ0n) is 11.9. The van der Waals surface area contributed by atoms with Crippen LogP contribution in [0, 0.1) is 10.1 Å². The summed E-state index contributed by atoms with van der Waals surface area (Å²) < 4.78 is 0. The van der Waals surface area contributed by atoms with Crippen LogP contribution in [0.15, 0.2) is 18.2 Å². The van der Waals surface area contributed by atoms with Crippen LogP contribution in [0.25, 0.3) is 0 Å². The van der Waals surface area contributed by atoms with Crippen LogP contribution < -0.4 is 4.90 Å². The number of rotatable bonds is 7. The van der Waals surface area contributed by atoms with Crippen molar-refractivity contribution in [1.29, 1.82) is 0 Å². The molecule has 1 N–H and O–H groups in total. The Morgan fingerprint density at radius 2 is 1.95 bits per heavy atom. The maximum atomic E-state index is 11.1. The van der Waals surface area contributed by atoms with Gasteiger partial charge in [-0.3, -0.25) is 10.1 Å². The summed E-state index contributed by atoms with van der Waals surface area (Å²) >= 11 is 0. The quantitative estimate of drug-likeness (QED) is 0.604. The zero-order chi connectivity index (χ0) is 15.3. The average molecular weight is 281 g/mol. The van der Waals surface area contributed by atoms with Crippen molar-refractivity contribution in [3.05, 3.63) is 33.9 Å². The number of aromatic carboxylic acids is 1. The molecular formula is C13H19N3O4. The molecule has 0 saturated carbocycles. The molecule has 0 fully saturated rings. The number of nitro groups is 1. The number of nitro benzene ring substituents is 1. The predicted molar refractivity (Wildman–Crippen MR) is 76.5 cm³/mol. The summed E-state index contributed by atoms with van der Waals surface area (Å²) in [4.78, 5) is 25.2. The lowest BCUT2D eigenvalue weighted by Crippen LogP contribution is -2.24. The third-order valence-corrected chi connectivity index (χ3v) is 2.93. The first-order valence-electron chi connectivity index (χ1n) is 6.20. The third kappa shape index (κ3) is 4.20. The number of anilines is 1. The van der Waals surface area contributed by atoms with E-state index in [-0.39, 0.29) is 11.3 Å². The van der Waals surface area contributed by atoms with Crippen molar-refractivity contribution in [2.24, 2.45) is 0 Å². The molecule has 110 valence electrons. The van der Waals surface area contributed by atoms with Gasteiger partial charge in [-0.1, -0.05) is 0 Å². The first kappa shape index (κ1) is 15.9. The summed E-state index contributed by atoms with van der Waals surface area (Å²) in [7, 11) is 5.69. The van der Waals surface area contributed by atoms with E-state index in [1.807, 2.05) is 19.0 Å². The fourth-order valence-corrected chi connectivity index (χ4v) is 1.87. The highest BCUT2D eigenvalue weighted by Crippen LogP contribution is 2.28. The fraction of sp³-hybridized carbons (Fsp3) is 0.462. The Morgan fingerprint density at radius 3 is 2.45 bits per heavy atom. The minimum absolute atomic E-state index is 0.0814. The standard InChI is InChI=1S/C13H19N3O4/c1-14(2)7-4-8-15(3)11-6-5-10(13(17)18)9-12(11)16(19)20/h5-6,9H,4,7-8H2,1-3H3,(H,17,18). The Hall–Kier alpha value is -2.15. The van der Waals surface area contributed by atoms with E-state index in [2.05, 4.69) is 0 Å². The number of carboxylic acid groups (broad SMARTS) is 1. The summed E-state index contributed by atoms with van der Waals surface area (Å²) in [5.41, 5.74) is 0.165. The molecule has 0 aliphatic heterocycles. The lowest BCUT2D eigenvalue weighted by atomic mass is 10.1. The molecule has 1 rings (SSSR count). The molecule has 7 heteroatoms. The van der Waals surface area contributed by atoms with E-state index >= 15 is 0 Å². The molecule has 7 nitrogen and oxygen atoms in total. The van der Waals surface area contributed by atoms with Crippen LogP contribution in [-0.4, -0.2) is 55.1 Å². The minimum atomic E-state index is -1.17. The van der Waals surface area contributed by atoms with Gasteiger partial charge in [0, 0.05) is 19.7 Å². The number of hydrogen-bond donors (Lipinski definition) is 1. The lowest BCUT2D eigenvalue weighted by molar-refractivity contribution is -0.384. The summed E-state index contributed by atoms with van der Waals surface area (Å²) in [5.74, 6) is -1.17. The number of benzene rings is 1. The smallest absolute Gasteiger partial charge is 0.335 e. The number of nitrogens with zero attached hydrogens (tertiary/aromatic N) is 3. The molecule has 20 heavy (non-hydrogen) atoms. The largest absolute Gasteiger partial charge is 0.478 e. The molecule has 0 radical (unpaired) electrons. The second-order valence-electron chi connectivity index (χ2n) is 4.84. The molecule has 0 heterocycles. The van der Waals surface area contributed by atoms with E-state index in [4.69, 9.17) is 5.11 Å². The summed E-state index contributed by atoms with van der Waals surface area (Å²) in [5, 5.41) is 19.9. The van der Waals surface area contributed by atoms with Gasteiger partial charge in [-0.25, -0.2) is 4.79 Å². The van der Waals surface area contributed by atoms with Crippen molar-refractivity contribution in [2.45, 2.75) is 6.42 Å². The first-order chi connectivity index (χ1) is 9.32. The summed E-state index contributed by atoms with van der Waals surface area (Å²) in [6, 6.07) is 3.96. The van der Waals surface area contributed by atoms with E-state index in [9.17, 15) is 14.9 Å². The van der Waals surface area contributed by atoms with Gasteiger partial charge in [0.1, 0.15) is 5.69 Å². The molecule has 0 unspecified atom stereocenters. The van der Waals surface area contributed by atoms with Crippen molar-refractivity contribution in [2.75, 3.05) is 39.1 Å². The van der Waals surface area contributed by atoms with Crippen LogP contribution in [-0.2, 0) is 0 Å². The van der Waals surface area contributed by atoms with Gasteiger partial charge in [-0.05, 0) is 39.2 Å². The van der Waals surface area contributed by atoms with Gasteiger partial charge >= 0.3 is 5.97 Å². The molecular weight excluding hydrogens is 262 g/mol. The molecule has 1 aromatic rings. The fourth-order valence-electron chi connectivity index (χ4n) is 1.87. The second kappa shape index (κ2) is 6.85. The van der Waals surface area contributed by atoms with E-state index in [1.165, 1.54) is 12.1 Å². The Bertz CT molecular complexity index is 502. The highest BCUT2D eigenvalue weighted by molar-refractivity contribution is 5.89. The maximum absolute atomic E-state index is 11.1. The van der Waals surface area contributed by atoms with Crippen LogP contribution in [0.2, 0.25) is 0 Å². The predicted octanol–water partition coefficient (Wildman–Crippen LogP) is 1.68. The van der Waals surface area contributed by atoms with Crippen molar-refractivity contribution in [1.82, 2.24) is 4.90 Å². The van der Waals surface area contributed by atoms with Crippen LogP contribution in [0.4, 0.5) is 11.4 Å². The van der Waals surface area contributed by atoms with Crippen LogP contribution >= 0.6 is 0 Å². The lowest BCUT2D eigenvalue weighted by Gasteiger charge is -2.20. The molecule has 0 aliphatic carbocycles. The summed E-state index contributed by atoms with van der Waals surface area (Å²) in [6.45, 7) is 1.54. The van der Waals surface area contributed by atoms with Gasteiger partial charge in [-0.2, -0.15) is 0 Å². The van der Waals surface area contributed by atoms with Gasteiger partial charge in [0.25, 0.3) is 5.69 Å². The van der Waals surface area contributed by atoms with Gasteiger partial charge in [0.2, 0.25) is 0 Å². The van der Waals surface area contributed by atoms with E-state index < -0.39 is 10.9 Å². The molecule has 0 atom stereocenters. The first-order valence-corrected chi connectivity index (χ1v) is 6.20. The summed E-state index contributed by atoms with van der Waals surface area (Å²) in [6.07, 6.45) is 0.862. The number of carboxylic acids is 1. The van der Waals surface area contributed by atoms with Crippen molar-refractivity contribution < 1.29 is 14.8 Å². The van der Waals surface area contributed by atoms with Crippen molar-refractivity contribution in [3.8, 4) is 0 Å².